The van der Waals surface area contributed by atoms with Crippen molar-refractivity contribution in [3.63, 3.8) is 0 Å². The highest BCUT2D eigenvalue weighted by Gasteiger charge is 2.83. The fourth-order valence-electron chi connectivity index (χ4n) is 11.5. The number of benzene rings is 1. The van der Waals surface area contributed by atoms with Gasteiger partial charge in [-0.2, -0.15) is 0 Å². The first-order valence-electron chi connectivity index (χ1n) is 15.8. The standard InChI is InChI=1S/C34H40O8/c1-17(2)29(35)38-24-13-25(39-30(36)41-32(3)21-6-18-5-19(8-21)9-22(32)7-18)15-26(14-24)40-31(37)42-33(4)27-11-20-10-23-12-28(33)34(23,27)16-20/h13-15,18-23,27-28H,1,5-12,16H2,2-4H3. The van der Waals surface area contributed by atoms with Gasteiger partial charge in [-0.15, -0.1) is 0 Å². The van der Waals surface area contributed by atoms with Crippen molar-refractivity contribution in [1.29, 1.82) is 0 Å². The van der Waals surface area contributed by atoms with E-state index >= 15 is 0 Å². The predicted octanol–water partition coefficient (Wildman–Crippen LogP) is 7.24. The van der Waals surface area contributed by atoms with Crippen LogP contribution in [0.4, 0.5) is 9.59 Å². The average Bonchev–Trinajstić information content (AvgIpc) is 3.42. The summed E-state index contributed by atoms with van der Waals surface area (Å²) in [6, 6.07) is 4.22. The molecule has 8 heteroatoms. The van der Waals surface area contributed by atoms with Crippen molar-refractivity contribution in [2.75, 3.05) is 0 Å². The van der Waals surface area contributed by atoms with Crippen LogP contribution in [0.1, 0.15) is 78.6 Å². The Morgan fingerprint density at radius 3 is 1.71 bits per heavy atom. The highest BCUT2D eigenvalue weighted by Crippen LogP contribution is 2.84. The number of carbonyl (C=O) groups is 3. The van der Waals surface area contributed by atoms with Crippen LogP contribution < -0.4 is 14.2 Å². The molecule has 6 atom stereocenters. The molecular formula is C34H40O8. The van der Waals surface area contributed by atoms with Crippen LogP contribution in [-0.2, 0) is 14.3 Å². The van der Waals surface area contributed by atoms with E-state index in [1.165, 1.54) is 44.4 Å². The molecule has 1 spiro atoms. The second kappa shape index (κ2) is 8.76. The van der Waals surface area contributed by atoms with E-state index in [1.807, 2.05) is 13.8 Å². The third-order valence-electron chi connectivity index (χ3n) is 13.0. The van der Waals surface area contributed by atoms with E-state index in [9.17, 15) is 14.4 Å². The number of esters is 1. The molecule has 0 N–H and O–H groups in total. The van der Waals surface area contributed by atoms with Gasteiger partial charge in [-0.05, 0) is 119 Å². The van der Waals surface area contributed by atoms with Crippen molar-refractivity contribution in [2.24, 2.45) is 52.8 Å². The number of ether oxygens (including phenoxy) is 5. The SMILES string of the molecule is C=C(C)C(=O)Oc1cc(OC(=O)OC2(C)C3CC4CC(C3)CC2C4)cc(OC(=O)OC2(C)C3CC4CC5CC2C53C4)c1. The molecule has 6 unspecified atom stereocenters. The molecule has 0 saturated heterocycles. The summed E-state index contributed by atoms with van der Waals surface area (Å²) in [5.41, 5.74) is -0.503. The summed E-state index contributed by atoms with van der Waals surface area (Å²) in [6.07, 6.45) is 8.87. The molecule has 0 radical (unpaired) electrons. The molecule has 6 bridgehead atoms. The molecule has 0 heterocycles. The summed E-state index contributed by atoms with van der Waals surface area (Å²) < 4.78 is 28.7. The van der Waals surface area contributed by atoms with Crippen molar-refractivity contribution in [2.45, 2.75) is 89.8 Å². The smallest absolute Gasteiger partial charge is 0.427 e. The highest BCUT2D eigenvalue weighted by molar-refractivity contribution is 5.89. The molecule has 224 valence electrons. The van der Waals surface area contributed by atoms with Crippen molar-refractivity contribution in [3.05, 3.63) is 30.4 Å². The first-order chi connectivity index (χ1) is 20.0. The third-order valence-corrected chi connectivity index (χ3v) is 13.0. The number of hydrogen-bond acceptors (Lipinski definition) is 8. The summed E-state index contributed by atoms with van der Waals surface area (Å²) in [5.74, 6) is 3.99. The fourth-order valence-corrected chi connectivity index (χ4v) is 11.5. The van der Waals surface area contributed by atoms with E-state index in [1.54, 1.807) is 0 Å². The Kier molecular flexibility index (Phi) is 5.55. The first kappa shape index (κ1) is 26.6. The lowest BCUT2D eigenvalue weighted by Crippen LogP contribution is -2.76. The fraction of sp³-hybridized carbons (Fsp3) is 0.676. The van der Waals surface area contributed by atoms with Crippen LogP contribution in [0.2, 0.25) is 0 Å². The molecule has 8 saturated carbocycles. The summed E-state index contributed by atoms with van der Waals surface area (Å²) in [6.45, 7) is 9.25. The summed E-state index contributed by atoms with van der Waals surface area (Å²) in [4.78, 5) is 38.5. The lowest BCUT2D eigenvalue weighted by atomic mass is 9.32. The minimum atomic E-state index is -0.815. The van der Waals surface area contributed by atoms with Crippen LogP contribution in [0.25, 0.3) is 0 Å². The molecule has 42 heavy (non-hydrogen) atoms. The Bertz CT molecular complexity index is 1370. The number of fused-ring (bicyclic) bond motifs is 1. The van der Waals surface area contributed by atoms with Gasteiger partial charge in [0.25, 0.3) is 0 Å². The zero-order valence-corrected chi connectivity index (χ0v) is 24.7. The monoisotopic (exact) mass is 576 g/mol. The molecule has 8 aliphatic carbocycles. The summed E-state index contributed by atoms with van der Waals surface area (Å²) in [7, 11) is 0. The van der Waals surface area contributed by atoms with Crippen molar-refractivity contribution < 1.29 is 38.1 Å². The van der Waals surface area contributed by atoms with Gasteiger partial charge in [0.05, 0.1) is 0 Å². The quantitative estimate of drug-likeness (QED) is 0.151. The van der Waals surface area contributed by atoms with E-state index in [4.69, 9.17) is 23.7 Å². The van der Waals surface area contributed by atoms with Crippen molar-refractivity contribution in [1.82, 2.24) is 0 Å². The minimum absolute atomic E-state index is 0.0472. The Morgan fingerprint density at radius 1 is 0.667 bits per heavy atom. The maximum Gasteiger partial charge on any atom is 0.514 e. The summed E-state index contributed by atoms with van der Waals surface area (Å²) >= 11 is 0. The van der Waals surface area contributed by atoms with Crippen LogP contribution in [0, 0.1) is 52.8 Å². The normalized spacial score (nSPS) is 44.4. The van der Waals surface area contributed by atoms with Gasteiger partial charge < -0.3 is 23.7 Å². The second-order valence-electron chi connectivity index (χ2n) is 15.1. The molecule has 0 aromatic heterocycles. The molecule has 0 amide bonds. The molecular weight excluding hydrogens is 536 g/mol. The Hall–Kier alpha value is -3.03. The maximum atomic E-state index is 13.1. The van der Waals surface area contributed by atoms with Gasteiger partial charge in [0.15, 0.2) is 0 Å². The van der Waals surface area contributed by atoms with E-state index in [0.29, 0.717) is 29.1 Å². The van der Waals surface area contributed by atoms with Gasteiger partial charge >= 0.3 is 18.3 Å². The van der Waals surface area contributed by atoms with Gasteiger partial charge in [0.1, 0.15) is 28.5 Å². The van der Waals surface area contributed by atoms with Crippen LogP contribution in [-0.4, -0.2) is 29.5 Å². The number of rotatable bonds is 6. The lowest BCUT2D eigenvalue weighted by Gasteiger charge is -2.74. The topological polar surface area (TPSA) is 97.4 Å². The highest BCUT2D eigenvalue weighted by atomic mass is 16.7. The Morgan fingerprint density at radius 2 is 1.17 bits per heavy atom. The molecule has 8 nitrogen and oxygen atoms in total. The van der Waals surface area contributed by atoms with Gasteiger partial charge in [-0.1, -0.05) is 6.58 Å². The molecule has 0 aliphatic heterocycles. The minimum Gasteiger partial charge on any atom is -0.427 e. The number of hydrogen-bond donors (Lipinski definition) is 0. The van der Waals surface area contributed by atoms with Crippen LogP contribution in [0.5, 0.6) is 17.2 Å². The zero-order chi connectivity index (χ0) is 29.2. The van der Waals surface area contributed by atoms with Crippen molar-refractivity contribution in [3.8, 4) is 17.2 Å². The van der Waals surface area contributed by atoms with E-state index < -0.39 is 29.5 Å². The van der Waals surface area contributed by atoms with Gasteiger partial charge in [-0.25, -0.2) is 14.4 Å². The number of carbonyl (C=O) groups excluding carboxylic acids is 3. The molecule has 1 aromatic carbocycles. The van der Waals surface area contributed by atoms with Crippen LogP contribution in [0.15, 0.2) is 30.4 Å². The van der Waals surface area contributed by atoms with Crippen molar-refractivity contribution >= 4 is 18.3 Å². The maximum absolute atomic E-state index is 13.1. The molecule has 8 fully saturated rings. The van der Waals surface area contributed by atoms with Gasteiger partial charge in [-0.3, -0.25) is 0 Å². The molecule has 8 aliphatic rings. The first-order valence-corrected chi connectivity index (χ1v) is 15.8. The zero-order valence-electron chi connectivity index (χ0n) is 24.7. The van der Waals surface area contributed by atoms with Crippen LogP contribution in [0.3, 0.4) is 0 Å². The summed E-state index contributed by atoms with van der Waals surface area (Å²) in [5, 5.41) is 0. The largest absolute Gasteiger partial charge is 0.514 e. The van der Waals surface area contributed by atoms with E-state index in [-0.39, 0.29) is 22.8 Å². The van der Waals surface area contributed by atoms with E-state index in [2.05, 4.69) is 6.58 Å². The molecule has 1 aromatic rings. The predicted molar refractivity (Wildman–Crippen MR) is 150 cm³/mol. The molecule has 9 rings (SSSR count). The van der Waals surface area contributed by atoms with Gasteiger partial charge in [0, 0.05) is 35.6 Å². The van der Waals surface area contributed by atoms with Gasteiger partial charge in [0.2, 0.25) is 0 Å². The Labute approximate surface area is 246 Å². The Balaban J connectivity index is 0.978. The van der Waals surface area contributed by atoms with Crippen LogP contribution >= 0.6 is 0 Å². The second-order valence-corrected chi connectivity index (χ2v) is 15.1. The lowest BCUT2D eigenvalue weighted by molar-refractivity contribution is -0.314. The average molecular weight is 577 g/mol. The third kappa shape index (κ3) is 3.68. The van der Waals surface area contributed by atoms with E-state index in [0.717, 1.165) is 62.2 Å².